The molecule has 0 amide bonds. The van der Waals surface area contributed by atoms with Gasteiger partial charge >= 0.3 is 98.3 Å². The molecule has 0 bridgehead atoms. The SMILES string of the molecule is C[CH2][Hg][NH]S(=O)(=O)c1ccc(C)cc1. The number of nitrogens with one attached hydrogen (secondary N) is 1. The van der Waals surface area contributed by atoms with Gasteiger partial charge in [0.1, 0.15) is 0 Å². The number of hydrogen-bond acceptors (Lipinski definition) is 2. The van der Waals surface area contributed by atoms with Gasteiger partial charge in [0.2, 0.25) is 0 Å². The van der Waals surface area contributed by atoms with Gasteiger partial charge in [-0.15, -0.1) is 0 Å². The molecule has 0 unspecified atom stereocenters. The van der Waals surface area contributed by atoms with Crippen LogP contribution in [0.5, 0.6) is 0 Å². The molecule has 0 fully saturated rings. The Bertz CT molecular complexity index is 386. The van der Waals surface area contributed by atoms with Gasteiger partial charge in [-0.05, 0) is 0 Å². The van der Waals surface area contributed by atoms with Crippen LogP contribution in [0.25, 0.3) is 0 Å². The molecule has 0 saturated carbocycles. The van der Waals surface area contributed by atoms with E-state index < -0.39 is 34.9 Å². The molecule has 0 radical (unpaired) electrons. The Labute approximate surface area is 97.8 Å². The first-order chi connectivity index (χ1) is 6.56. The minimum atomic E-state index is -3.19. The first kappa shape index (κ1) is 12.1. The third-order valence-electron chi connectivity index (χ3n) is 1.87. The standard InChI is InChI=1S/C7H8NO2S.C2H5.Hg/c1-6-2-4-7(5-3-6)11(8,9)10;1-2;/h2-5H,1H3,(H-,8,9,10);1H2,2H3;/q-1;;+1. The summed E-state index contributed by atoms with van der Waals surface area (Å²) >= 11 is -1.37. The quantitative estimate of drug-likeness (QED) is 0.783. The average Bonchev–Trinajstić information content (AvgIpc) is 2.16. The van der Waals surface area contributed by atoms with Crippen molar-refractivity contribution in [3.63, 3.8) is 0 Å². The first-order valence-electron chi connectivity index (χ1n) is 4.62. The van der Waals surface area contributed by atoms with Gasteiger partial charge in [0, 0.05) is 0 Å². The van der Waals surface area contributed by atoms with E-state index in [1.165, 1.54) is 0 Å². The number of hydrogen-bond donors (Lipinski definition) is 1. The molecule has 1 N–H and O–H groups in total. The summed E-state index contributed by atoms with van der Waals surface area (Å²) in [5.41, 5.74) is 1.07. The fourth-order valence-electron chi connectivity index (χ4n) is 1.04. The number of rotatable bonds is 4. The molecule has 1 aromatic rings. The second-order valence-corrected chi connectivity index (χ2v) is 14.2. The fourth-order valence-corrected chi connectivity index (χ4v) is 9.63. The fraction of sp³-hybridized carbons (Fsp3) is 0.333. The molecule has 0 heterocycles. The predicted molar refractivity (Wildman–Crippen MR) is 52.0 cm³/mol. The minimum absolute atomic E-state index is 0.386. The zero-order valence-electron chi connectivity index (χ0n) is 8.45. The molecular weight excluding hydrogens is 387 g/mol. The zero-order valence-corrected chi connectivity index (χ0v) is 14.8. The summed E-state index contributed by atoms with van der Waals surface area (Å²) in [6.45, 7) is 3.97. The van der Waals surface area contributed by atoms with E-state index in [-0.39, 0.29) is 0 Å². The Morgan fingerprint density at radius 2 is 1.86 bits per heavy atom. The number of sulfonamides is 1. The van der Waals surface area contributed by atoms with Crippen LogP contribution in [0.3, 0.4) is 0 Å². The Morgan fingerprint density at radius 3 is 2.36 bits per heavy atom. The second kappa shape index (κ2) is 5.23. The van der Waals surface area contributed by atoms with Crippen LogP contribution in [-0.4, -0.2) is 8.42 Å². The molecule has 0 saturated heterocycles. The van der Waals surface area contributed by atoms with Crippen LogP contribution in [0.15, 0.2) is 29.2 Å². The molecule has 3 nitrogen and oxygen atoms in total. The van der Waals surface area contributed by atoms with E-state index in [1.807, 2.05) is 26.0 Å². The van der Waals surface area contributed by atoms with Crippen LogP contribution in [0.1, 0.15) is 12.5 Å². The summed E-state index contributed by atoms with van der Waals surface area (Å²) < 4.78 is 27.1. The van der Waals surface area contributed by atoms with Crippen LogP contribution < -0.4 is 2.49 Å². The van der Waals surface area contributed by atoms with Crippen LogP contribution in [0, 0.1) is 6.92 Å². The molecule has 14 heavy (non-hydrogen) atoms. The van der Waals surface area contributed by atoms with E-state index in [1.54, 1.807) is 12.1 Å². The Hall–Kier alpha value is 0.0651. The third-order valence-corrected chi connectivity index (χ3v) is 12.1. The monoisotopic (exact) mass is 401 g/mol. The van der Waals surface area contributed by atoms with Crippen molar-refractivity contribution >= 4 is 10.0 Å². The van der Waals surface area contributed by atoms with Crippen LogP contribution in [0.4, 0.5) is 0 Å². The number of benzene rings is 1. The molecular formula is C9H13HgNO2S. The molecule has 74 valence electrons. The molecule has 0 aliphatic rings. The van der Waals surface area contributed by atoms with E-state index in [0.29, 0.717) is 4.90 Å². The van der Waals surface area contributed by atoms with Gasteiger partial charge < -0.3 is 0 Å². The van der Waals surface area contributed by atoms with Gasteiger partial charge in [-0.3, -0.25) is 0 Å². The van der Waals surface area contributed by atoms with Crippen LogP contribution in [-0.2, 0) is 34.9 Å². The molecule has 0 spiro atoms. The van der Waals surface area contributed by atoms with Crippen molar-refractivity contribution in [1.82, 2.24) is 2.49 Å². The summed E-state index contributed by atoms with van der Waals surface area (Å²) in [6.07, 6.45) is 0. The van der Waals surface area contributed by atoms with E-state index in [2.05, 4.69) is 2.49 Å². The Balaban J connectivity index is 2.87. The van der Waals surface area contributed by atoms with E-state index >= 15 is 0 Å². The maximum absolute atomic E-state index is 11.6. The van der Waals surface area contributed by atoms with Crippen molar-refractivity contribution in [2.45, 2.75) is 22.7 Å². The summed E-state index contributed by atoms with van der Waals surface area (Å²) in [6, 6.07) is 6.94. The van der Waals surface area contributed by atoms with E-state index in [4.69, 9.17) is 0 Å². The Morgan fingerprint density at radius 1 is 1.29 bits per heavy atom. The topological polar surface area (TPSA) is 46.2 Å². The molecule has 5 heteroatoms. The molecule has 1 aromatic carbocycles. The van der Waals surface area contributed by atoms with E-state index in [9.17, 15) is 8.42 Å². The van der Waals surface area contributed by atoms with Crippen molar-refractivity contribution in [1.29, 1.82) is 0 Å². The van der Waals surface area contributed by atoms with Crippen molar-refractivity contribution < 1.29 is 33.3 Å². The van der Waals surface area contributed by atoms with Gasteiger partial charge in [-0.1, -0.05) is 0 Å². The van der Waals surface area contributed by atoms with Gasteiger partial charge in [-0.2, -0.15) is 0 Å². The van der Waals surface area contributed by atoms with Crippen molar-refractivity contribution in [2.75, 3.05) is 0 Å². The van der Waals surface area contributed by atoms with Gasteiger partial charge in [0.15, 0.2) is 0 Å². The van der Waals surface area contributed by atoms with Crippen LogP contribution >= 0.6 is 0 Å². The third kappa shape index (κ3) is 3.33. The maximum atomic E-state index is 11.6. The molecule has 0 aromatic heterocycles. The summed E-state index contributed by atoms with van der Waals surface area (Å²) in [4.78, 5) is 0.386. The first-order valence-corrected chi connectivity index (χ1v) is 12.7. The zero-order chi connectivity index (χ0) is 10.6. The average molecular weight is 400 g/mol. The van der Waals surface area contributed by atoms with Crippen LogP contribution in [0.2, 0.25) is 3.93 Å². The summed E-state index contributed by atoms with van der Waals surface area (Å²) in [5, 5.41) is 0. The normalized spacial score (nSPS) is 11.0. The van der Waals surface area contributed by atoms with Gasteiger partial charge in [0.05, 0.1) is 0 Å². The second-order valence-electron chi connectivity index (χ2n) is 3.21. The summed E-state index contributed by atoms with van der Waals surface area (Å²) in [5.74, 6) is 0. The van der Waals surface area contributed by atoms with E-state index in [0.717, 1.165) is 9.49 Å². The van der Waals surface area contributed by atoms with Gasteiger partial charge in [0.25, 0.3) is 0 Å². The van der Waals surface area contributed by atoms with Gasteiger partial charge in [-0.25, -0.2) is 0 Å². The van der Waals surface area contributed by atoms with Crippen molar-refractivity contribution in [3.8, 4) is 0 Å². The predicted octanol–water partition coefficient (Wildman–Crippen LogP) is 1.71. The number of aryl methyl sites for hydroxylation is 1. The molecule has 1 rings (SSSR count). The summed E-state index contributed by atoms with van der Waals surface area (Å²) in [7, 11) is -3.19. The molecule has 0 atom stereocenters. The van der Waals surface area contributed by atoms with Crippen molar-refractivity contribution in [2.24, 2.45) is 0 Å². The molecule has 0 aliphatic heterocycles. The molecule has 0 aliphatic carbocycles. The van der Waals surface area contributed by atoms with Crippen molar-refractivity contribution in [3.05, 3.63) is 29.8 Å². The Kier molecular flexibility index (Phi) is 4.54.